The molecule has 20 heavy (non-hydrogen) atoms. The smallest absolute Gasteiger partial charge is 0.408 e. The second-order valence-corrected chi connectivity index (χ2v) is 5.27. The summed E-state index contributed by atoms with van der Waals surface area (Å²) in [6, 6.07) is 3.26. The maximum atomic E-state index is 11.7. The van der Waals surface area contributed by atoms with Gasteiger partial charge in [-0.1, -0.05) is 0 Å². The Kier molecular flexibility index (Phi) is 3.44. The number of nitrogens with one attached hydrogen (secondary N) is 3. The third kappa shape index (κ3) is 2.61. The lowest BCUT2D eigenvalue weighted by Crippen LogP contribution is -2.39. The minimum Gasteiger partial charge on any atom is -0.408 e. The average molecular weight is 278 g/mol. The number of hydrogen-bond donors (Lipinski definition) is 4. The molecule has 0 aliphatic rings. The minimum atomic E-state index is -0.583. The third-order valence-electron chi connectivity index (χ3n) is 3.15. The van der Waals surface area contributed by atoms with Crippen LogP contribution in [0.1, 0.15) is 13.8 Å². The fourth-order valence-electron chi connectivity index (χ4n) is 1.90. The van der Waals surface area contributed by atoms with Crippen LogP contribution in [0.5, 0.6) is 0 Å². The molecule has 0 aliphatic carbocycles. The van der Waals surface area contributed by atoms with E-state index < -0.39 is 11.2 Å². The molecule has 1 aromatic heterocycles. The minimum absolute atomic E-state index is 0.0682. The lowest BCUT2D eigenvalue weighted by molar-refractivity contribution is -0.128. The van der Waals surface area contributed by atoms with Gasteiger partial charge < -0.3 is 20.8 Å². The molecule has 108 valence electrons. The lowest BCUT2D eigenvalue weighted by Gasteiger charge is -2.23. The Labute approximate surface area is 115 Å². The van der Waals surface area contributed by atoms with E-state index >= 15 is 0 Å². The zero-order chi connectivity index (χ0) is 14.9. The van der Waals surface area contributed by atoms with Crippen LogP contribution in [0.15, 0.2) is 21.3 Å². The summed E-state index contributed by atoms with van der Waals surface area (Å²) >= 11 is 0. The number of benzene rings is 1. The van der Waals surface area contributed by atoms with Crippen molar-refractivity contribution in [2.75, 3.05) is 24.6 Å². The zero-order valence-electron chi connectivity index (χ0n) is 11.7. The van der Waals surface area contributed by atoms with Crippen molar-refractivity contribution in [1.29, 1.82) is 0 Å². The van der Waals surface area contributed by atoms with Crippen molar-refractivity contribution in [2.45, 2.75) is 13.8 Å². The molecular weight excluding hydrogens is 260 g/mol. The molecule has 7 heteroatoms. The first-order valence-electron chi connectivity index (χ1n) is 6.22. The summed E-state index contributed by atoms with van der Waals surface area (Å²) in [5.74, 6) is -0.594. The second-order valence-electron chi connectivity index (χ2n) is 5.27. The van der Waals surface area contributed by atoms with Crippen LogP contribution < -0.4 is 22.1 Å². The van der Waals surface area contributed by atoms with Crippen molar-refractivity contribution >= 4 is 28.4 Å². The number of nitrogens with two attached hydrogens (primary N) is 1. The molecule has 0 aliphatic heterocycles. The predicted molar refractivity (Wildman–Crippen MR) is 77.6 cm³/mol. The molecule has 2 aromatic rings. The van der Waals surface area contributed by atoms with Gasteiger partial charge in [0.2, 0.25) is 5.91 Å². The number of rotatable bonds is 4. The summed E-state index contributed by atoms with van der Waals surface area (Å²) in [6.45, 7) is 4.06. The molecule has 1 heterocycles. The van der Waals surface area contributed by atoms with Gasteiger partial charge in [0, 0.05) is 19.7 Å². The topological polar surface area (TPSA) is 113 Å². The standard InChI is InChI=1S/C13H18N4O3/c1-13(2,11(18)15-3)6-16-8-5-9-10(4-7(8)14)20-12(19)17-9/h4-5,16H,6,14H2,1-3H3,(H,15,18)(H,17,19). The molecule has 2 rings (SSSR count). The number of amides is 1. The van der Waals surface area contributed by atoms with E-state index in [1.165, 1.54) is 0 Å². The Morgan fingerprint density at radius 1 is 1.45 bits per heavy atom. The van der Waals surface area contributed by atoms with Crippen LogP contribution in [0.25, 0.3) is 11.1 Å². The number of hydrogen-bond acceptors (Lipinski definition) is 5. The molecule has 0 atom stereocenters. The van der Waals surface area contributed by atoms with Gasteiger partial charge in [-0.2, -0.15) is 0 Å². The molecule has 0 spiro atoms. The first-order valence-corrected chi connectivity index (χ1v) is 6.22. The molecule has 7 nitrogen and oxygen atoms in total. The van der Waals surface area contributed by atoms with Crippen LogP contribution >= 0.6 is 0 Å². The molecule has 0 bridgehead atoms. The number of oxazole rings is 1. The first kappa shape index (κ1) is 14.0. The van der Waals surface area contributed by atoms with Gasteiger partial charge in [-0.05, 0) is 19.9 Å². The Morgan fingerprint density at radius 3 is 2.80 bits per heavy atom. The number of anilines is 2. The van der Waals surface area contributed by atoms with Crippen molar-refractivity contribution < 1.29 is 9.21 Å². The molecule has 0 fully saturated rings. The van der Waals surface area contributed by atoms with E-state index in [0.717, 1.165) is 0 Å². The van der Waals surface area contributed by atoms with Gasteiger partial charge in [0.05, 0.1) is 22.3 Å². The number of carbonyl (C=O) groups excluding carboxylic acids is 1. The summed E-state index contributed by atoms with van der Waals surface area (Å²) in [7, 11) is 1.60. The van der Waals surface area contributed by atoms with Crippen molar-refractivity contribution in [3.05, 3.63) is 22.7 Å². The van der Waals surface area contributed by atoms with Gasteiger partial charge in [0.15, 0.2) is 5.58 Å². The molecule has 1 amide bonds. The van der Waals surface area contributed by atoms with Crippen molar-refractivity contribution in [2.24, 2.45) is 5.41 Å². The lowest BCUT2D eigenvalue weighted by atomic mass is 9.92. The fourth-order valence-corrected chi connectivity index (χ4v) is 1.90. The van der Waals surface area contributed by atoms with Gasteiger partial charge in [0.25, 0.3) is 0 Å². The maximum Gasteiger partial charge on any atom is 0.417 e. The van der Waals surface area contributed by atoms with Gasteiger partial charge >= 0.3 is 5.76 Å². The van der Waals surface area contributed by atoms with Crippen molar-refractivity contribution in [3.63, 3.8) is 0 Å². The Bertz CT molecular complexity index is 699. The summed E-state index contributed by atoms with van der Waals surface area (Å²) in [4.78, 5) is 25.4. The summed E-state index contributed by atoms with van der Waals surface area (Å²) in [5, 5.41) is 5.74. The largest absolute Gasteiger partial charge is 0.417 e. The van der Waals surface area contributed by atoms with Crippen LogP contribution in [-0.2, 0) is 4.79 Å². The van der Waals surface area contributed by atoms with E-state index in [0.29, 0.717) is 29.0 Å². The number of carbonyl (C=O) groups is 1. The van der Waals surface area contributed by atoms with Crippen LogP contribution in [0.2, 0.25) is 0 Å². The van der Waals surface area contributed by atoms with E-state index in [-0.39, 0.29) is 5.91 Å². The van der Waals surface area contributed by atoms with E-state index in [1.54, 1.807) is 19.2 Å². The second kappa shape index (κ2) is 4.92. The maximum absolute atomic E-state index is 11.7. The Hall–Kier alpha value is -2.44. The highest BCUT2D eigenvalue weighted by Crippen LogP contribution is 2.26. The SMILES string of the molecule is CNC(=O)C(C)(C)CNc1cc2[nH]c(=O)oc2cc1N. The number of H-pyrrole nitrogens is 1. The van der Waals surface area contributed by atoms with Crippen LogP contribution in [-0.4, -0.2) is 24.5 Å². The molecule has 5 N–H and O–H groups in total. The third-order valence-corrected chi connectivity index (χ3v) is 3.15. The summed E-state index contributed by atoms with van der Waals surface area (Å²) < 4.78 is 4.92. The quantitative estimate of drug-likeness (QED) is 0.620. The number of aromatic nitrogens is 1. The zero-order valence-corrected chi connectivity index (χ0v) is 11.7. The van der Waals surface area contributed by atoms with E-state index in [4.69, 9.17) is 10.2 Å². The monoisotopic (exact) mass is 278 g/mol. The highest BCUT2D eigenvalue weighted by atomic mass is 16.4. The highest BCUT2D eigenvalue weighted by molar-refractivity contribution is 5.86. The van der Waals surface area contributed by atoms with Gasteiger partial charge in [-0.15, -0.1) is 0 Å². The average Bonchev–Trinajstić information content (AvgIpc) is 2.74. The summed E-state index contributed by atoms with van der Waals surface area (Å²) in [5.41, 5.74) is 7.37. The van der Waals surface area contributed by atoms with E-state index in [2.05, 4.69) is 15.6 Å². The first-order chi connectivity index (χ1) is 9.33. The predicted octanol–water partition coefficient (Wildman–Crippen LogP) is 0.887. The Balaban J connectivity index is 2.23. The molecule has 0 unspecified atom stereocenters. The van der Waals surface area contributed by atoms with Gasteiger partial charge in [0.1, 0.15) is 0 Å². The Morgan fingerprint density at radius 2 is 2.15 bits per heavy atom. The van der Waals surface area contributed by atoms with Crippen LogP contribution in [0.3, 0.4) is 0 Å². The molecule has 0 saturated carbocycles. The molecule has 1 aromatic carbocycles. The van der Waals surface area contributed by atoms with E-state index in [9.17, 15) is 9.59 Å². The van der Waals surface area contributed by atoms with Crippen molar-refractivity contribution in [3.8, 4) is 0 Å². The highest BCUT2D eigenvalue weighted by Gasteiger charge is 2.26. The van der Waals surface area contributed by atoms with Crippen LogP contribution in [0, 0.1) is 5.41 Å². The normalized spacial score (nSPS) is 11.6. The fraction of sp³-hybridized carbons (Fsp3) is 0.385. The molecule has 0 saturated heterocycles. The van der Waals surface area contributed by atoms with Crippen LogP contribution in [0.4, 0.5) is 11.4 Å². The molecule has 0 radical (unpaired) electrons. The van der Waals surface area contributed by atoms with Gasteiger partial charge in [-0.3, -0.25) is 9.78 Å². The number of nitrogen functional groups attached to an aromatic ring is 1. The molecular formula is C13H18N4O3. The van der Waals surface area contributed by atoms with E-state index in [1.807, 2.05) is 13.8 Å². The number of aromatic amines is 1. The summed E-state index contributed by atoms with van der Waals surface area (Å²) in [6.07, 6.45) is 0. The van der Waals surface area contributed by atoms with Gasteiger partial charge in [-0.25, -0.2) is 4.79 Å². The number of fused-ring (bicyclic) bond motifs is 1. The van der Waals surface area contributed by atoms with Crippen molar-refractivity contribution in [1.82, 2.24) is 10.3 Å².